The number of likely N-dealkylation sites (tertiary alicyclic amines) is 1. The second-order valence-electron chi connectivity index (χ2n) is 5.05. The van der Waals surface area contributed by atoms with E-state index < -0.39 is 0 Å². The molecule has 0 saturated carbocycles. The number of hydrogen-bond acceptors (Lipinski definition) is 3. The number of benzene rings is 1. The van der Waals surface area contributed by atoms with Crippen molar-refractivity contribution in [2.45, 2.75) is 24.9 Å². The third kappa shape index (κ3) is 4.07. The van der Waals surface area contributed by atoms with Gasteiger partial charge in [-0.25, -0.2) is 0 Å². The topological polar surface area (TPSA) is 38.5 Å². The predicted octanol–water partition coefficient (Wildman–Crippen LogP) is 3.10. The molecule has 19 heavy (non-hydrogen) atoms. The summed E-state index contributed by atoms with van der Waals surface area (Å²) in [5.41, 5.74) is 7.06. The molecular formula is C14H20Cl2N2O. The first-order chi connectivity index (χ1) is 9.10. The summed E-state index contributed by atoms with van der Waals surface area (Å²) in [6.07, 6.45) is 2.04. The zero-order chi connectivity index (χ0) is 13.8. The Hall–Kier alpha value is -0.320. The molecule has 1 aromatic carbocycles. The first-order valence-corrected chi connectivity index (χ1v) is 7.30. The molecule has 0 radical (unpaired) electrons. The highest BCUT2D eigenvalue weighted by Crippen LogP contribution is 2.29. The largest absolute Gasteiger partial charge is 0.383 e. The number of halogens is 2. The number of methoxy groups -OCH3 is 1. The molecule has 1 unspecified atom stereocenters. The van der Waals surface area contributed by atoms with Crippen LogP contribution in [0.3, 0.4) is 0 Å². The lowest BCUT2D eigenvalue weighted by atomic mass is 10.00. The number of piperidine rings is 1. The average molecular weight is 303 g/mol. The van der Waals surface area contributed by atoms with Crippen LogP contribution < -0.4 is 5.73 Å². The summed E-state index contributed by atoms with van der Waals surface area (Å²) in [4.78, 5) is 2.40. The Kier molecular flexibility index (Phi) is 5.48. The molecule has 0 bridgehead atoms. The van der Waals surface area contributed by atoms with Gasteiger partial charge in [0.15, 0.2) is 0 Å². The van der Waals surface area contributed by atoms with Gasteiger partial charge in [-0.05, 0) is 36.6 Å². The Balaban J connectivity index is 2.19. The first kappa shape index (κ1) is 15.1. The van der Waals surface area contributed by atoms with Gasteiger partial charge >= 0.3 is 0 Å². The molecule has 1 atom stereocenters. The summed E-state index contributed by atoms with van der Waals surface area (Å²) >= 11 is 12.2. The summed E-state index contributed by atoms with van der Waals surface area (Å²) in [7, 11) is 1.72. The molecule has 1 aliphatic heterocycles. The van der Waals surface area contributed by atoms with Gasteiger partial charge < -0.3 is 10.5 Å². The fourth-order valence-electron chi connectivity index (χ4n) is 2.57. The molecule has 5 heteroatoms. The molecule has 1 heterocycles. The van der Waals surface area contributed by atoms with E-state index in [-0.39, 0.29) is 6.04 Å². The first-order valence-electron chi connectivity index (χ1n) is 6.54. The maximum Gasteiger partial charge on any atom is 0.0659 e. The lowest BCUT2D eigenvalue weighted by molar-refractivity contribution is 0.0728. The van der Waals surface area contributed by atoms with Crippen LogP contribution in [0, 0.1) is 0 Å². The third-order valence-corrected chi connectivity index (χ3v) is 4.05. The molecular weight excluding hydrogens is 283 g/mol. The summed E-state index contributed by atoms with van der Waals surface area (Å²) < 4.78 is 5.36. The Bertz CT molecular complexity index is 400. The molecule has 0 spiro atoms. The molecule has 0 aromatic heterocycles. The van der Waals surface area contributed by atoms with Gasteiger partial charge in [-0.15, -0.1) is 0 Å². The second kappa shape index (κ2) is 6.91. The minimum absolute atomic E-state index is 0.189. The van der Waals surface area contributed by atoms with E-state index in [1.807, 2.05) is 12.1 Å². The van der Waals surface area contributed by atoms with Gasteiger partial charge in [-0.2, -0.15) is 0 Å². The van der Waals surface area contributed by atoms with E-state index in [9.17, 15) is 0 Å². The van der Waals surface area contributed by atoms with Crippen molar-refractivity contribution in [2.75, 3.05) is 26.8 Å². The number of nitrogens with two attached hydrogens (primary N) is 1. The highest BCUT2D eigenvalue weighted by atomic mass is 35.5. The van der Waals surface area contributed by atoms with E-state index in [0.29, 0.717) is 22.7 Å². The van der Waals surface area contributed by atoms with Gasteiger partial charge in [0.05, 0.1) is 12.6 Å². The van der Waals surface area contributed by atoms with E-state index >= 15 is 0 Å². The van der Waals surface area contributed by atoms with Crippen LogP contribution >= 0.6 is 23.2 Å². The molecule has 1 aliphatic rings. The van der Waals surface area contributed by atoms with Gasteiger partial charge in [0.1, 0.15) is 0 Å². The van der Waals surface area contributed by atoms with E-state index in [0.717, 1.165) is 31.5 Å². The predicted molar refractivity (Wildman–Crippen MR) is 79.9 cm³/mol. The maximum absolute atomic E-state index is 6.09. The van der Waals surface area contributed by atoms with Crippen molar-refractivity contribution in [1.82, 2.24) is 4.90 Å². The van der Waals surface area contributed by atoms with E-state index in [1.54, 1.807) is 13.2 Å². The minimum Gasteiger partial charge on any atom is -0.383 e. The van der Waals surface area contributed by atoms with E-state index in [4.69, 9.17) is 33.7 Å². The molecule has 0 amide bonds. The van der Waals surface area contributed by atoms with E-state index in [2.05, 4.69) is 4.90 Å². The van der Waals surface area contributed by atoms with Crippen LogP contribution in [0.15, 0.2) is 18.2 Å². The quantitative estimate of drug-likeness (QED) is 0.929. The van der Waals surface area contributed by atoms with Crippen molar-refractivity contribution < 1.29 is 4.74 Å². The highest BCUT2D eigenvalue weighted by molar-refractivity contribution is 6.34. The van der Waals surface area contributed by atoms with Crippen molar-refractivity contribution >= 4 is 23.2 Å². The molecule has 0 aliphatic carbocycles. The fourth-order valence-corrected chi connectivity index (χ4v) is 3.11. The molecule has 2 rings (SSSR count). The van der Waals surface area contributed by atoms with Crippen LogP contribution in [0.5, 0.6) is 0 Å². The maximum atomic E-state index is 6.09. The van der Waals surface area contributed by atoms with Gasteiger partial charge in [0, 0.05) is 36.3 Å². The SMILES string of the molecule is COCC(c1cc(Cl)cc(Cl)c1)N1CCC(N)CC1. The number of hydrogen-bond donors (Lipinski definition) is 1. The van der Waals surface area contributed by atoms with Crippen LogP contribution in [-0.4, -0.2) is 37.7 Å². The van der Waals surface area contributed by atoms with Gasteiger partial charge in [-0.1, -0.05) is 23.2 Å². The average Bonchev–Trinajstić information content (AvgIpc) is 2.36. The summed E-state index contributed by atoms with van der Waals surface area (Å²) in [5, 5.41) is 1.33. The lowest BCUT2D eigenvalue weighted by Gasteiger charge is -2.36. The van der Waals surface area contributed by atoms with Crippen molar-refractivity contribution in [3.8, 4) is 0 Å². The Morgan fingerprint density at radius 1 is 1.26 bits per heavy atom. The molecule has 106 valence electrons. The summed E-state index contributed by atoms with van der Waals surface area (Å²) in [6.45, 7) is 2.60. The van der Waals surface area contributed by atoms with Gasteiger partial charge in [-0.3, -0.25) is 4.90 Å². The molecule has 1 aromatic rings. The Morgan fingerprint density at radius 3 is 2.37 bits per heavy atom. The van der Waals surface area contributed by atoms with Crippen molar-refractivity contribution in [1.29, 1.82) is 0 Å². The molecule has 3 nitrogen and oxygen atoms in total. The van der Waals surface area contributed by atoms with Gasteiger partial charge in [0.25, 0.3) is 0 Å². The van der Waals surface area contributed by atoms with Crippen LogP contribution in [0.1, 0.15) is 24.4 Å². The highest BCUT2D eigenvalue weighted by Gasteiger charge is 2.25. The zero-order valence-electron chi connectivity index (χ0n) is 11.1. The summed E-state index contributed by atoms with van der Waals surface area (Å²) in [6, 6.07) is 6.19. The van der Waals surface area contributed by atoms with Crippen molar-refractivity contribution in [3.63, 3.8) is 0 Å². The van der Waals surface area contributed by atoms with Crippen LogP contribution in [-0.2, 0) is 4.74 Å². The summed E-state index contributed by atoms with van der Waals surface area (Å²) in [5.74, 6) is 0. The van der Waals surface area contributed by atoms with Gasteiger partial charge in [0.2, 0.25) is 0 Å². The minimum atomic E-state index is 0.189. The Labute approximate surface area is 124 Å². The number of nitrogens with zero attached hydrogens (tertiary/aromatic N) is 1. The normalized spacial score (nSPS) is 19.6. The molecule has 1 fully saturated rings. The van der Waals surface area contributed by atoms with Crippen LogP contribution in [0.2, 0.25) is 10.0 Å². The van der Waals surface area contributed by atoms with Crippen LogP contribution in [0.4, 0.5) is 0 Å². The van der Waals surface area contributed by atoms with Crippen molar-refractivity contribution in [2.24, 2.45) is 5.73 Å². The van der Waals surface area contributed by atoms with E-state index in [1.165, 1.54) is 0 Å². The second-order valence-corrected chi connectivity index (χ2v) is 5.92. The number of ether oxygens (including phenoxy) is 1. The Morgan fingerprint density at radius 2 is 1.84 bits per heavy atom. The molecule has 1 saturated heterocycles. The smallest absolute Gasteiger partial charge is 0.0659 e. The lowest BCUT2D eigenvalue weighted by Crippen LogP contribution is -2.42. The molecule has 2 N–H and O–H groups in total. The standard InChI is InChI=1S/C14H20Cl2N2O/c1-19-9-14(18-4-2-13(17)3-5-18)10-6-11(15)8-12(16)7-10/h6-8,13-14H,2-5,9,17H2,1H3. The number of rotatable bonds is 4. The monoisotopic (exact) mass is 302 g/mol. The third-order valence-electron chi connectivity index (χ3n) is 3.61. The zero-order valence-corrected chi connectivity index (χ0v) is 12.6. The van der Waals surface area contributed by atoms with Crippen LogP contribution in [0.25, 0.3) is 0 Å². The fraction of sp³-hybridized carbons (Fsp3) is 0.571. The van der Waals surface area contributed by atoms with Crippen molar-refractivity contribution in [3.05, 3.63) is 33.8 Å².